The van der Waals surface area contributed by atoms with E-state index in [-0.39, 0.29) is 11.8 Å². The fourth-order valence-corrected chi connectivity index (χ4v) is 3.25. The van der Waals surface area contributed by atoms with Crippen LogP contribution in [0.25, 0.3) is 0 Å². The van der Waals surface area contributed by atoms with Crippen molar-refractivity contribution in [3.8, 4) is 5.75 Å². The lowest BCUT2D eigenvalue weighted by Gasteiger charge is -2.14. The number of benzene rings is 1. The summed E-state index contributed by atoms with van der Waals surface area (Å²) in [7, 11) is 0. The Kier molecular flexibility index (Phi) is 4.24. The second-order valence-corrected chi connectivity index (χ2v) is 6.02. The summed E-state index contributed by atoms with van der Waals surface area (Å²) in [6.07, 6.45) is 9.72. The third kappa shape index (κ3) is 3.33. The molecule has 0 atom stereocenters. The lowest BCUT2D eigenvalue weighted by Crippen LogP contribution is -2.20. The van der Waals surface area contributed by atoms with Crippen LogP contribution >= 0.6 is 0 Å². The van der Waals surface area contributed by atoms with Gasteiger partial charge in [-0.1, -0.05) is 12.8 Å². The van der Waals surface area contributed by atoms with Crippen molar-refractivity contribution in [2.24, 2.45) is 5.92 Å². The molecule has 1 N–H and O–H groups in total. The molecule has 0 unspecified atom stereocenters. The summed E-state index contributed by atoms with van der Waals surface area (Å²) in [5.74, 6) is 1.30. The Morgan fingerprint density at radius 2 is 1.55 bits per heavy atom. The highest BCUT2D eigenvalue weighted by molar-refractivity contribution is 5.92. The topological polar surface area (TPSA) is 38.3 Å². The quantitative estimate of drug-likeness (QED) is 0.895. The molecule has 20 heavy (non-hydrogen) atoms. The second kappa shape index (κ2) is 6.29. The number of amides is 1. The van der Waals surface area contributed by atoms with Crippen LogP contribution in [0.4, 0.5) is 5.69 Å². The number of rotatable bonds is 4. The van der Waals surface area contributed by atoms with Crippen molar-refractivity contribution in [2.45, 2.75) is 57.5 Å². The Morgan fingerprint density at radius 1 is 0.950 bits per heavy atom. The van der Waals surface area contributed by atoms with Gasteiger partial charge in [0.1, 0.15) is 5.75 Å². The minimum atomic E-state index is 0.173. The maximum absolute atomic E-state index is 12.0. The van der Waals surface area contributed by atoms with Crippen molar-refractivity contribution in [1.29, 1.82) is 0 Å². The molecule has 0 aromatic heterocycles. The van der Waals surface area contributed by atoms with Crippen LogP contribution in [0.5, 0.6) is 5.75 Å². The number of carbonyl (C=O) groups is 1. The van der Waals surface area contributed by atoms with E-state index >= 15 is 0 Å². The van der Waals surface area contributed by atoms with Crippen molar-refractivity contribution in [1.82, 2.24) is 0 Å². The van der Waals surface area contributed by atoms with Crippen LogP contribution in [-0.2, 0) is 4.79 Å². The normalized spacial score (nSPS) is 20.2. The first-order chi connectivity index (χ1) is 9.81. The highest BCUT2D eigenvalue weighted by atomic mass is 16.5. The lowest BCUT2D eigenvalue weighted by molar-refractivity contribution is -0.119. The molecule has 1 amide bonds. The summed E-state index contributed by atoms with van der Waals surface area (Å²) in [5.41, 5.74) is 0.876. The molecule has 1 aromatic carbocycles. The molecule has 2 saturated carbocycles. The molecular weight excluding hydrogens is 250 g/mol. The Morgan fingerprint density at radius 3 is 2.20 bits per heavy atom. The molecule has 2 aliphatic carbocycles. The van der Waals surface area contributed by atoms with Crippen molar-refractivity contribution in [3.05, 3.63) is 24.3 Å². The molecule has 3 nitrogen and oxygen atoms in total. The largest absolute Gasteiger partial charge is 0.490 e. The fraction of sp³-hybridized carbons (Fsp3) is 0.588. The number of anilines is 1. The van der Waals surface area contributed by atoms with Crippen LogP contribution in [0.1, 0.15) is 51.4 Å². The molecule has 3 rings (SSSR count). The first-order valence-electron chi connectivity index (χ1n) is 7.89. The summed E-state index contributed by atoms with van der Waals surface area (Å²) < 4.78 is 5.92. The molecule has 3 heteroatoms. The summed E-state index contributed by atoms with van der Waals surface area (Å²) in [4.78, 5) is 12.0. The van der Waals surface area contributed by atoms with Gasteiger partial charge in [0.05, 0.1) is 6.10 Å². The summed E-state index contributed by atoms with van der Waals surface area (Å²) >= 11 is 0. The maximum atomic E-state index is 12.0. The Bertz CT molecular complexity index is 443. The van der Waals surface area contributed by atoms with Gasteiger partial charge in [-0.15, -0.1) is 0 Å². The highest BCUT2D eigenvalue weighted by Crippen LogP contribution is 2.27. The van der Waals surface area contributed by atoms with Crippen LogP contribution in [0.2, 0.25) is 0 Å². The minimum absolute atomic E-state index is 0.173. The van der Waals surface area contributed by atoms with Crippen LogP contribution in [0, 0.1) is 5.92 Å². The van der Waals surface area contributed by atoms with Crippen molar-refractivity contribution in [3.63, 3.8) is 0 Å². The van der Waals surface area contributed by atoms with Gasteiger partial charge >= 0.3 is 0 Å². The fourth-order valence-electron chi connectivity index (χ4n) is 3.25. The molecule has 0 heterocycles. The van der Waals surface area contributed by atoms with Gasteiger partial charge in [-0.3, -0.25) is 4.79 Å². The van der Waals surface area contributed by atoms with E-state index < -0.39 is 0 Å². The van der Waals surface area contributed by atoms with Crippen molar-refractivity contribution in [2.75, 3.05) is 5.32 Å². The Hall–Kier alpha value is -1.51. The summed E-state index contributed by atoms with van der Waals surface area (Å²) in [6.45, 7) is 0. The second-order valence-electron chi connectivity index (χ2n) is 6.02. The SMILES string of the molecule is O=C(Nc1ccc(OC2CCCC2)cc1)C1CCCC1. The Labute approximate surface area is 120 Å². The third-order valence-corrected chi connectivity index (χ3v) is 4.45. The first kappa shape index (κ1) is 13.5. The number of ether oxygens (including phenoxy) is 1. The smallest absolute Gasteiger partial charge is 0.227 e. The van der Waals surface area contributed by atoms with Crippen LogP contribution in [0.15, 0.2) is 24.3 Å². The van der Waals surface area contributed by atoms with Gasteiger partial charge in [0.15, 0.2) is 0 Å². The van der Waals surface area contributed by atoms with Gasteiger partial charge in [-0.2, -0.15) is 0 Å². The molecule has 108 valence electrons. The molecule has 2 fully saturated rings. The summed E-state index contributed by atoms with van der Waals surface area (Å²) in [6, 6.07) is 7.80. The van der Waals surface area contributed by atoms with Crippen molar-refractivity contribution >= 4 is 11.6 Å². The van der Waals surface area contributed by atoms with E-state index in [1.165, 1.54) is 38.5 Å². The van der Waals surface area contributed by atoms with Gasteiger partial charge in [0, 0.05) is 11.6 Å². The predicted molar refractivity (Wildman–Crippen MR) is 79.9 cm³/mol. The van der Waals surface area contributed by atoms with Crippen molar-refractivity contribution < 1.29 is 9.53 Å². The maximum Gasteiger partial charge on any atom is 0.227 e. The average molecular weight is 273 g/mol. The zero-order valence-electron chi connectivity index (χ0n) is 11.9. The highest BCUT2D eigenvalue weighted by Gasteiger charge is 2.22. The molecular formula is C17H23NO2. The van der Waals surface area contributed by atoms with Gasteiger partial charge in [-0.05, 0) is 62.8 Å². The first-order valence-corrected chi connectivity index (χ1v) is 7.89. The van der Waals surface area contributed by atoms with E-state index in [9.17, 15) is 4.79 Å². The van der Waals surface area contributed by atoms with E-state index in [1.807, 2.05) is 24.3 Å². The molecule has 2 aliphatic rings. The Balaban J connectivity index is 1.53. The molecule has 0 saturated heterocycles. The van der Waals surface area contributed by atoms with E-state index in [0.29, 0.717) is 6.10 Å². The van der Waals surface area contributed by atoms with E-state index in [0.717, 1.165) is 24.3 Å². The molecule has 0 radical (unpaired) electrons. The monoisotopic (exact) mass is 273 g/mol. The van der Waals surface area contributed by atoms with Gasteiger partial charge in [0.25, 0.3) is 0 Å². The number of hydrogen-bond acceptors (Lipinski definition) is 2. The number of hydrogen-bond donors (Lipinski definition) is 1. The standard InChI is InChI=1S/C17H23NO2/c19-17(13-5-1-2-6-13)18-14-9-11-16(12-10-14)20-15-7-3-4-8-15/h9-13,15H,1-8H2,(H,18,19). The average Bonchev–Trinajstić information content (AvgIpc) is 3.13. The zero-order chi connectivity index (χ0) is 13.8. The zero-order valence-corrected chi connectivity index (χ0v) is 11.9. The molecule has 0 bridgehead atoms. The molecule has 0 spiro atoms. The van der Waals surface area contributed by atoms with Crippen LogP contribution < -0.4 is 10.1 Å². The molecule has 1 aromatic rings. The molecule has 0 aliphatic heterocycles. The number of carbonyl (C=O) groups excluding carboxylic acids is 1. The summed E-state index contributed by atoms with van der Waals surface area (Å²) in [5, 5.41) is 3.01. The predicted octanol–water partition coefficient (Wildman–Crippen LogP) is 4.14. The van der Waals surface area contributed by atoms with Crippen LogP contribution in [0.3, 0.4) is 0 Å². The minimum Gasteiger partial charge on any atom is -0.490 e. The van der Waals surface area contributed by atoms with Gasteiger partial charge in [0.2, 0.25) is 5.91 Å². The van der Waals surface area contributed by atoms with E-state index in [2.05, 4.69) is 5.32 Å². The lowest BCUT2D eigenvalue weighted by atomic mass is 10.1. The van der Waals surface area contributed by atoms with E-state index in [1.54, 1.807) is 0 Å². The van der Waals surface area contributed by atoms with Crippen LogP contribution in [-0.4, -0.2) is 12.0 Å². The van der Waals surface area contributed by atoms with Gasteiger partial charge < -0.3 is 10.1 Å². The number of nitrogens with one attached hydrogen (secondary N) is 1. The van der Waals surface area contributed by atoms with Gasteiger partial charge in [-0.25, -0.2) is 0 Å². The van der Waals surface area contributed by atoms with E-state index in [4.69, 9.17) is 4.74 Å². The third-order valence-electron chi connectivity index (χ3n) is 4.45.